The lowest BCUT2D eigenvalue weighted by Crippen LogP contribution is -2.51. The Hall–Kier alpha value is -1.44. The van der Waals surface area contributed by atoms with Crippen LogP contribution in [0, 0.1) is 0 Å². The molecule has 3 rings (SSSR count). The molecular formula is C20H31N3O3S. The van der Waals surface area contributed by atoms with Crippen LogP contribution in [0.3, 0.4) is 0 Å². The van der Waals surface area contributed by atoms with Gasteiger partial charge in [-0.15, -0.1) is 0 Å². The second-order valence-electron chi connectivity index (χ2n) is 7.91. The Bertz CT molecular complexity index is 764. The van der Waals surface area contributed by atoms with Gasteiger partial charge in [0.1, 0.15) is 0 Å². The van der Waals surface area contributed by atoms with E-state index in [1.807, 2.05) is 18.7 Å². The highest BCUT2D eigenvalue weighted by molar-refractivity contribution is 7.89. The van der Waals surface area contributed by atoms with E-state index in [0.29, 0.717) is 24.7 Å². The Morgan fingerprint density at radius 2 is 1.74 bits per heavy atom. The van der Waals surface area contributed by atoms with Gasteiger partial charge in [0, 0.05) is 50.9 Å². The molecule has 1 aliphatic carbocycles. The van der Waals surface area contributed by atoms with Crippen LogP contribution in [0.4, 0.5) is 0 Å². The van der Waals surface area contributed by atoms with E-state index in [1.54, 1.807) is 25.2 Å². The highest BCUT2D eigenvalue weighted by atomic mass is 32.2. The van der Waals surface area contributed by atoms with E-state index in [9.17, 15) is 13.2 Å². The summed E-state index contributed by atoms with van der Waals surface area (Å²) >= 11 is 0. The zero-order valence-electron chi connectivity index (χ0n) is 16.6. The molecule has 1 aromatic carbocycles. The number of benzene rings is 1. The molecule has 0 radical (unpaired) electrons. The normalized spacial score (nSPS) is 20.0. The highest BCUT2D eigenvalue weighted by Crippen LogP contribution is 2.25. The standard InChI is InChI=1S/C20H31N3O3S/c1-16(2)21(3)27(25,26)19-10-6-7-17(15-19)20(24)23-13-11-22(12-14-23)18-8-4-5-9-18/h6-7,10,15-16,18H,4-5,8-9,11-14H2,1-3H3. The zero-order valence-corrected chi connectivity index (χ0v) is 17.4. The van der Waals surface area contributed by atoms with Gasteiger partial charge in [-0.05, 0) is 44.9 Å². The molecule has 1 aliphatic heterocycles. The van der Waals surface area contributed by atoms with Crippen LogP contribution < -0.4 is 0 Å². The average molecular weight is 394 g/mol. The minimum Gasteiger partial charge on any atom is -0.336 e. The number of rotatable bonds is 5. The Labute approximate surface area is 163 Å². The molecule has 0 unspecified atom stereocenters. The van der Waals surface area contributed by atoms with Crippen molar-refractivity contribution < 1.29 is 13.2 Å². The maximum Gasteiger partial charge on any atom is 0.253 e. The van der Waals surface area contributed by atoms with E-state index in [1.165, 1.54) is 36.1 Å². The van der Waals surface area contributed by atoms with E-state index in [-0.39, 0.29) is 16.8 Å². The predicted molar refractivity (Wildman–Crippen MR) is 106 cm³/mol. The van der Waals surface area contributed by atoms with Gasteiger partial charge in [-0.1, -0.05) is 18.9 Å². The van der Waals surface area contributed by atoms with Gasteiger partial charge < -0.3 is 4.90 Å². The van der Waals surface area contributed by atoms with Gasteiger partial charge in [0.2, 0.25) is 10.0 Å². The van der Waals surface area contributed by atoms with Crippen LogP contribution >= 0.6 is 0 Å². The van der Waals surface area contributed by atoms with Crippen molar-refractivity contribution in [2.24, 2.45) is 0 Å². The zero-order chi connectivity index (χ0) is 19.6. The topological polar surface area (TPSA) is 60.9 Å². The summed E-state index contributed by atoms with van der Waals surface area (Å²) in [7, 11) is -2.02. The van der Waals surface area contributed by atoms with Gasteiger partial charge >= 0.3 is 0 Å². The third-order valence-corrected chi connectivity index (χ3v) is 7.96. The molecule has 2 aliphatic rings. The predicted octanol–water partition coefficient (Wildman–Crippen LogP) is 2.42. The molecule has 1 amide bonds. The van der Waals surface area contributed by atoms with Gasteiger partial charge in [-0.25, -0.2) is 8.42 Å². The first kappa shape index (κ1) is 20.3. The number of amides is 1. The second kappa shape index (κ2) is 8.29. The number of piperazine rings is 1. The Balaban J connectivity index is 1.69. The van der Waals surface area contributed by atoms with Gasteiger partial charge in [0.05, 0.1) is 4.90 Å². The lowest BCUT2D eigenvalue weighted by molar-refractivity contribution is 0.0573. The smallest absolute Gasteiger partial charge is 0.253 e. The van der Waals surface area contributed by atoms with Gasteiger partial charge in [-0.2, -0.15) is 4.31 Å². The van der Waals surface area contributed by atoms with Gasteiger partial charge in [0.15, 0.2) is 0 Å². The summed E-state index contributed by atoms with van der Waals surface area (Å²) in [5, 5.41) is 0. The fourth-order valence-electron chi connectivity index (χ4n) is 3.98. The summed E-state index contributed by atoms with van der Waals surface area (Å²) in [5.74, 6) is -0.0784. The van der Waals surface area contributed by atoms with E-state index >= 15 is 0 Å². The molecule has 1 saturated carbocycles. The van der Waals surface area contributed by atoms with E-state index in [2.05, 4.69) is 4.90 Å². The first-order valence-electron chi connectivity index (χ1n) is 9.92. The van der Waals surface area contributed by atoms with E-state index in [4.69, 9.17) is 0 Å². The monoisotopic (exact) mass is 393 g/mol. The van der Waals surface area contributed by atoms with Crippen LogP contribution in [0.25, 0.3) is 0 Å². The number of carbonyl (C=O) groups is 1. The number of carbonyl (C=O) groups excluding carboxylic acids is 1. The van der Waals surface area contributed by atoms with Crippen LogP contribution in [0.15, 0.2) is 29.2 Å². The van der Waals surface area contributed by atoms with Crippen molar-refractivity contribution in [3.63, 3.8) is 0 Å². The SMILES string of the molecule is CC(C)N(C)S(=O)(=O)c1cccc(C(=O)N2CCN(C3CCCC3)CC2)c1. The Morgan fingerprint density at radius 3 is 2.33 bits per heavy atom. The quantitative estimate of drug-likeness (QED) is 0.771. The molecule has 0 bridgehead atoms. The first-order valence-corrected chi connectivity index (χ1v) is 11.4. The van der Waals surface area contributed by atoms with Crippen molar-refractivity contribution in [2.45, 2.75) is 56.5 Å². The van der Waals surface area contributed by atoms with E-state index in [0.717, 1.165) is 13.1 Å². The van der Waals surface area contributed by atoms with Crippen LogP contribution in [0.1, 0.15) is 49.9 Å². The maximum absolute atomic E-state index is 12.9. The molecule has 2 fully saturated rings. The maximum atomic E-state index is 12.9. The molecule has 0 aromatic heterocycles. The third-order valence-electron chi connectivity index (χ3n) is 5.93. The Kier molecular flexibility index (Phi) is 6.23. The number of nitrogens with zero attached hydrogens (tertiary/aromatic N) is 3. The number of sulfonamides is 1. The summed E-state index contributed by atoms with van der Waals surface area (Å²) in [6.07, 6.45) is 5.18. The summed E-state index contributed by atoms with van der Waals surface area (Å²) < 4.78 is 26.7. The van der Waals surface area contributed by atoms with Crippen LogP contribution in [0.5, 0.6) is 0 Å². The minimum absolute atomic E-state index is 0.0784. The van der Waals surface area contributed by atoms with Crippen molar-refractivity contribution in [1.29, 1.82) is 0 Å². The summed E-state index contributed by atoms with van der Waals surface area (Å²) in [5.41, 5.74) is 0.447. The lowest BCUT2D eigenvalue weighted by atomic mass is 10.1. The molecule has 0 atom stereocenters. The first-order chi connectivity index (χ1) is 12.8. The molecule has 6 nitrogen and oxygen atoms in total. The summed E-state index contributed by atoms with van der Waals surface area (Å²) in [6.45, 7) is 6.89. The fourth-order valence-corrected chi connectivity index (χ4v) is 5.39. The van der Waals surface area contributed by atoms with Crippen molar-refractivity contribution in [2.75, 3.05) is 33.2 Å². The third kappa shape index (κ3) is 4.36. The molecule has 0 N–H and O–H groups in total. The second-order valence-corrected chi connectivity index (χ2v) is 9.91. The van der Waals surface area contributed by atoms with E-state index < -0.39 is 10.0 Å². The summed E-state index contributed by atoms with van der Waals surface area (Å²) in [6, 6.07) is 6.98. The van der Waals surface area contributed by atoms with Gasteiger partial charge in [0.25, 0.3) is 5.91 Å². The van der Waals surface area contributed by atoms with Crippen LogP contribution in [-0.2, 0) is 10.0 Å². The summed E-state index contributed by atoms with van der Waals surface area (Å²) in [4.78, 5) is 17.4. The van der Waals surface area contributed by atoms with Crippen molar-refractivity contribution in [3.8, 4) is 0 Å². The minimum atomic E-state index is -3.59. The van der Waals surface area contributed by atoms with Crippen molar-refractivity contribution in [3.05, 3.63) is 29.8 Å². The van der Waals surface area contributed by atoms with Crippen molar-refractivity contribution in [1.82, 2.24) is 14.1 Å². The fraction of sp³-hybridized carbons (Fsp3) is 0.650. The number of hydrogen-bond acceptors (Lipinski definition) is 4. The molecule has 0 spiro atoms. The number of hydrogen-bond donors (Lipinski definition) is 0. The largest absolute Gasteiger partial charge is 0.336 e. The molecule has 1 saturated heterocycles. The lowest BCUT2D eigenvalue weighted by Gasteiger charge is -2.38. The molecule has 150 valence electrons. The molecule has 1 aromatic rings. The molecule has 7 heteroatoms. The molecular weight excluding hydrogens is 362 g/mol. The van der Waals surface area contributed by atoms with Crippen LogP contribution in [0.2, 0.25) is 0 Å². The molecule has 1 heterocycles. The Morgan fingerprint density at radius 1 is 1.11 bits per heavy atom. The highest BCUT2D eigenvalue weighted by Gasteiger charge is 2.29. The van der Waals surface area contributed by atoms with Gasteiger partial charge in [-0.3, -0.25) is 9.69 Å². The van der Waals surface area contributed by atoms with Crippen molar-refractivity contribution >= 4 is 15.9 Å². The van der Waals surface area contributed by atoms with Crippen LogP contribution in [-0.4, -0.2) is 73.7 Å². The molecule has 27 heavy (non-hydrogen) atoms. The average Bonchev–Trinajstić information content (AvgIpc) is 3.21.